The number of rotatable bonds is 2. The normalized spacial score (nSPS) is 22.7. The molecule has 6 nitrogen and oxygen atoms in total. The molecule has 0 aromatic heterocycles. The Morgan fingerprint density at radius 3 is 2.57 bits per heavy atom. The lowest BCUT2D eigenvalue weighted by Gasteiger charge is -2.26. The van der Waals surface area contributed by atoms with Crippen molar-refractivity contribution >= 4 is 19.9 Å². The van der Waals surface area contributed by atoms with Crippen LogP contribution in [0.3, 0.4) is 0 Å². The molecule has 2 aliphatic rings. The minimum atomic E-state index is -3.57. The van der Waals surface area contributed by atoms with Crippen LogP contribution in [-0.2, 0) is 31.0 Å². The van der Waals surface area contributed by atoms with E-state index in [1.807, 2.05) is 0 Å². The lowest BCUT2D eigenvalue weighted by atomic mass is 10.1. The second-order valence-corrected chi connectivity index (χ2v) is 9.22. The summed E-state index contributed by atoms with van der Waals surface area (Å²) in [6.45, 7) is 1.44. The summed E-state index contributed by atoms with van der Waals surface area (Å²) in [6, 6.07) is 4.33. The van der Waals surface area contributed by atoms with Crippen molar-refractivity contribution in [3.63, 3.8) is 0 Å². The van der Waals surface area contributed by atoms with E-state index in [1.165, 1.54) is 22.5 Å². The van der Waals surface area contributed by atoms with Gasteiger partial charge in [0.1, 0.15) is 0 Å². The summed E-state index contributed by atoms with van der Waals surface area (Å²) in [4.78, 5) is 0.440. The number of benzene rings is 1. The Labute approximate surface area is 124 Å². The highest BCUT2D eigenvalue weighted by Gasteiger charge is 2.29. The zero-order chi connectivity index (χ0) is 15.1. The molecule has 1 fully saturated rings. The molecule has 0 unspecified atom stereocenters. The fourth-order valence-electron chi connectivity index (χ4n) is 2.71. The van der Waals surface area contributed by atoms with Gasteiger partial charge in [0, 0.05) is 13.1 Å². The van der Waals surface area contributed by atoms with Crippen molar-refractivity contribution in [1.29, 1.82) is 0 Å². The van der Waals surface area contributed by atoms with Crippen LogP contribution in [0.1, 0.15) is 12.0 Å². The van der Waals surface area contributed by atoms with E-state index >= 15 is 0 Å². The third-order valence-corrected chi connectivity index (χ3v) is 7.62. The predicted octanol–water partition coefficient (Wildman–Crippen LogP) is 0.427. The molecule has 116 valence electrons. The van der Waals surface area contributed by atoms with Crippen LogP contribution < -0.4 is 0 Å². The quantitative estimate of drug-likeness (QED) is 0.785. The molecule has 0 aliphatic carbocycles. The van der Waals surface area contributed by atoms with Gasteiger partial charge in [0.05, 0.1) is 28.8 Å². The van der Waals surface area contributed by atoms with E-state index in [-0.39, 0.29) is 15.5 Å². The molecule has 0 N–H and O–H groups in total. The molecule has 0 bridgehead atoms. The Hall–Kier alpha value is -0.960. The van der Waals surface area contributed by atoms with E-state index in [2.05, 4.69) is 0 Å². The highest BCUT2D eigenvalue weighted by Crippen LogP contribution is 2.28. The Morgan fingerprint density at radius 2 is 1.86 bits per heavy atom. The zero-order valence-corrected chi connectivity index (χ0v) is 13.1. The van der Waals surface area contributed by atoms with Gasteiger partial charge in [0.15, 0.2) is 9.84 Å². The highest BCUT2D eigenvalue weighted by atomic mass is 32.2. The predicted molar refractivity (Wildman–Crippen MR) is 76.4 cm³/mol. The second-order valence-electron chi connectivity index (χ2n) is 5.21. The fourth-order valence-corrected chi connectivity index (χ4v) is 5.75. The maximum atomic E-state index is 12.6. The van der Waals surface area contributed by atoms with Gasteiger partial charge in [-0.15, -0.1) is 0 Å². The monoisotopic (exact) mass is 331 g/mol. The van der Waals surface area contributed by atoms with E-state index in [0.29, 0.717) is 44.7 Å². The van der Waals surface area contributed by atoms with E-state index in [1.54, 1.807) is 0 Å². The first-order chi connectivity index (χ1) is 9.91. The van der Waals surface area contributed by atoms with Crippen LogP contribution >= 0.6 is 0 Å². The van der Waals surface area contributed by atoms with Gasteiger partial charge in [-0.1, -0.05) is 0 Å². The van der Waals surface area contributed by atoms with Crippen molar-refractivity contribution in [2.75, 3.05) is 32.1 Å². The number of sulfonamides is 1. The first kappa shape index (κ1) is 15.0. The Balaban J connectivity index is 2.00. The number of morpholine rings is 1. The van der Waals surface area contributed by atoms with Gasteiger partial charge in [0.2, 0.25) is 10.0 Å². The van der Waals surface area contributed by atoms with Crippen molar-refractivity contribution in [3.8, 4) is 0 Å². The first-order valence-electron chi connectivity index (χ1n) is 6.85. The summed E-state index contributed by atoms with van der Waals surface area (Å²) < 4.78 is 55.6. The van der Waals surface area contributed by atoms with E-state index < -0.39 is 19.9 Å². The molecular formula is C13H17NO5S2. The minimum absolute atomic E-state index is 0.134. The van der Waals surface area contributed by atoms with Gasteiger partial charge < -0.3 is 4.74 Å². The number of aryl methyl sites for hydroxylation is 1. The lowest BCUT2D eigenvalue weighted by Crippen LogP contribution is -2.40. The van der Waals surface area contributed by atoms with E-state index in [9.17, 15) is 16.8 Å². The molecule has 0 radical (unpaired) electrons. The summed E-state index contributed by atoms with van der Waals surface area (Å²) in [5, 5.41) is 0. The van der Waals surface area contributed by atoms with E-state index in [4.69, 9.17) is 4.74 Å². The zero-order valence-electron chi connectivity index (χ0n) is 11.5. The second kappa shape index (κ2) is 5.35. The largest absolute Gasteiger partial charge is 0.379 e. The standard InChI is InChI=1S/C13H17NO5S2/c15-20(16)9-1-2-11-10-12(3-4-13(11)20)21(17,18)14-5-7-19-8-6-14/h3-4,10H,1-2,5-9H2. The number of hydrogen-bond acceptors (Lipinski definition) is 5. The van der Waals surface area contributed by atoms with Gasteiger partial charge in [-0.3, -0.25) is 0 Å². The molecule has 0 spiro atoms. The highest BCUT2D eigenvalue weighted by molar-refractivity contribution is 7.91. The van der Waals surface area contributed by atoms with Gasteiger partial charge in [0.25, 0.3) is 0 Å². The van der Waals surface area contributed by atoms with E-state index in [0.717, 1.165) is 0 Å². The van der Waals surface area contributed by atoms with Crippen LogP contribution in [0.5, 0.6) is 0 Å². The van der Waals surface area contributed by atoms with Crippen molar-refractivity contribution in [1.82, 2.24) is 4.31 Å². The molecule has 8 heteroatoms. The number of fused-ring (bicyclic) bond motifs is 1. The third-order valence-electron chi connectivity index (χ3n) is 3.83. The molecular weight excluding hydrogens is 314 g/mol. The third kappa shape index (κ3) is 2.73. The Bertz CT molecular complexity index is 749. The summed E-state index contributed by atoms with van der Waals surface area (Å²) in [7, 11) is -6.83. The molecule has 0 atom stereocenters. The van der Waals surface area contributed by atoms with Gasteiger partial charge in [-0.05, 0) is 36.6 Å². The summed E-state index contributed by atoms with van der Waals surface area (Å²) in [5.41, 5.74) is 0.607. The van der Waals surface area contributed by atoms with Crippen LogP contribution in [0.15, 0.2) is 28.0 Å². The smallest absolute Gasteiger partial charge is 0.243 e. The van der Waals surface area contributed by atoms with Gasteiger partial charge in [-0.2, -0.15) is 4.31 Å². The number of sulfone groups is 1. The SMILES string of the molecule is O=S1(=O)CCCc2cc(S(=O)(=O)N3CCOCC3)ccc21. The van der Waals surface area contributed by atoms with Crippen LogP contribution in [0, 0.1) is 0 Å². The summed E-state index contributed by atoms with van der Waals surface area (Å²) >= 11 is 0. The molecule has 21 heavy (non-hydrogen) atoms. The average molecular weight is 331 g/mol. The van der Waals surface area contributed by atoms with Crippen molar-refractivity contribution in [2.24, 2.45) is 0 Å². The summed E-state index contributed by atoms with van der Waals surface area (Å²) in [5.74, 6) is 0.134. The first-order valence-corrected chi connectivity index (χ1v) is 9.94. The maximum absolute atomic E-state index is 12.6. The molecule has 1 saturated heterocycles. The van der Waals surface area contributed by atoms with Crippen molar-refractivity contribution in [3.05, 3.63) is 23.8 Å². The van der Waals surface area contributed by atoms with Gasteiger partial charge in [-0.25, -0.2) is 16.8 Å². The number of nitrogens with zero attached hydrogens (tertiary/aromatic N) is 1. The fraction of sp³-hybridized carbons (Fsp3) is 0.538. The van der Waals surface area contributed by atoms with Crippen molar-refractivity contribution < 1.29 is 21.6 Å². The molecule has 2 aliphatic heterocycles. The van der Waals surface area contributed by atoms with Crippen molar-refractivity contribution in [2.45, 2.75) is 22.6 Å². The average Bonchev–Trinajstić information content (AvgIpc) is 2.47. The molecule has 2 heterocycles. The molecule has 3 rings (SSSR count). The maximum Gasteiger partial charge on any atom is 0.243 e. The van der Waals surface area contributed by atoms with Crippen LogP contribution in [-0.4, -0.2) is 53.2 Å². The number of hydrogen-bond donors (Lipinski definition) is 0. The topological polar surface area (TPSA) is 80.8 Å². The van der Waals surface area contributed by atoms with Crippen LogP contribution in [0.2, 0.25) is 0 Å². The molecule has 1 aromatic carbocycles. The Kier molecular flexibility index (Phi) is 3.81. The lowest BCUT2D eigenvalue weighted by molar-refractivity contribution is 0.0730. The Morgan fingerprint density at radius 1 is 1.14 bits per heavy atom. The van der Waals surface area contributed by atoms with Crippen LogP contribution in [0.25, 0.3) is 0 Å². The molecule has 0 saturated carbocycles. The van der Waals surface area contributed by atoms with Gasteiger partial charge >= 0.3 is 0 Å². The molecule has 1 aromatic rings. The number of ether oxygens (including phenoxy) is 1. The molecule has 0 amide bonds. The summed E-state index contributed by atoms with van der Waals surface area (Å²) in [6.07, 6.45) is 1.14. The minimum Gasteiger partial charge on any atom is -0.379 e. The van der Waals surface area contributed by atoms with Crippen LogP contribution in [0.4, 0.5) is 0 Å².